The molecule has 1 aromatic heterocycles. The average molecular weight is 279 g/mol. The summed E-state index contributed by atoms with van der Waals surface area (Å²) in [5.41, 5.74) is 0.128. The number of hydrogen-bond acceptors (Lipinski definition) is 5. The first-order chi connectivity index (χ1) is 9.42. The fourth-order valence-corrected chi connectivity index (χ4v) is 2.54. The fraction of sp³-hybridized carbons (Fsp3) is 0.538. The number of rotatable bonds is 6. The van der Waals surface area contributed by atoms with Crippen LogP contribution < -0.4 is 5.32 Å². The van der Waals surface area contributed by atoms with Crippen molar-refractivity contribution in [3.63, 3.8) is 0 Å². The summed E-state index contributed by atoms with van der Waals surface area (Å²) in [7, 11) is 0. The first kappa shape index (κ1) is 14.2. The summed E-state index contributed by atoms with van der Waals surface area (Å²) in [4.78, 5) is 25.2. The number of aromatic nitrogens is 1. The summed E-state index contributed by atoms with van der Waals surface area (Å²) in [6.45, 7) is 2.11. The van der Waals surface area contributed by atoms with Gasteiger partial charge in [-0.05, 0) is 31.2 Å². The van der Waals surface area contributed by atoms with Crippen LogP contribution in [0.4, 0.5) is 11.5 Å². The molecule has 0 aromatic carbocycles. The maximum Gasteiger partial charge on any atom is 0.303 e. The van der Waals surface area contributed by atoms with Crippen LogP contribution >= 0.6 is 0 Å². The summed E-state index contributed by atoms with van der Waals surface area (Å²) in [6, 6.07) is 2.97. The molecule has 1 aromatic rings. The number of nitrogens with zero attached hydrogens (tertiary/aromatic N) is 2. The third-order valence-corrected chi connectivity index (χ3v) is 3.84. The van der Waals surface area contributed by atoms with Crippen molar-refractivity contribution in [1.82, 2.24) is 4.98 Å². The third kappa shape index (κ3) is 3.04. The van der Waals surface area contributed by atoms with E-state index >= 15 is 0 Å². The Bertz CT molecular complexity index is 540. The van der Waals surface area contributed by atoms with Gasteiger partial charge >= 0.3 is 5.97 Å². The molecule has 1 saturated carbocycles. The molecule has 7 heteroatoms. The largest absolute Gasteiger partial charge is 0.481 e. The van der Waals surface area contributed by atoms with Crippen molar-refractivity contribution in [3.05, 3.63) is 27.9 Å². The van der Waals surface area contributed by atoms with Crippen LogP contribution in [0.2, 0.25) is 0 Å². The number of hydrogen-bond donors (Lipinski definition) is 2. The molecule has 1 aliphatic rings. The van der Waals surface area contributed by atoms with Gasteiger partial charge in [0.15, 0.2) is 0 Å². The Labute approximate surface area is 116 Å². The van der Waals surface area contributed by atoms with Gasteiger partial charge in [-0.15, -0.1) is 0 Å². The first-order valence-corrected chi connectivity index (χ1v) is 6.50. The Morgan fingerprint density at radius 2 is 2.25 bits per heavy atom. The molecule has 0 unspecified atom stereocenters. The topological polar surface area (TPSA) is 105 Å². The van der Waals surface area contributed by atoms with Crippen LogP contribution in [0.5, 0.6) is 0 Å². The van der Waals surface area contributed by atoms with Gasteiger partial charge in [0.25, 0.3) is 5.69 Å². The molecular formula is C13H17N3O4. The molecule has 0 atom stereocenters. The van der Waals surface area contributed by atoms with Crippen molar-refractivity contribution in [2.45, 2.75) is 32.6 Å². The zero-order chi connectivity index (χ0) is 14.8. The third-order valence-electron chi connectivity index (χ3n) is 3.84. The highest BCUT2D eigenvalue weighted by molar-refractivity contribution is 5.68. The minimum atomic E-state index is -0.792. The van der Waals surface area contributed by atoms with Gasteiger partial charge in [-0.25, -0.2) is 4.98 Å². The van der Waals surface area contributed by atoms with Crippen molar-refractivity contribution in [2.75, 3.05) is 11.9 Å². The lowest BCUT2D eigenvalue weighted by atomic mass is 9.66. The number of nitro groups is 1. The molecule has 20 heavy (non-hydrogen) atoms. The van der Waals surface area contributed by atoms with Crippen LogP contribution in [0.3, 0.4) is 0 Å². The number of anilines is 1. The molecule has 1 heterocycles. The molecule has 1 fully saturated rings. The number of carbonyl (C=O) groups is 1. The smallest absolute Gasteiger partial charge is 0.303 e. The van der Waals surface area contributed by atoms with E-state index in [4.69, 9.17) is 5.11 Å². The highest BCUT2D eigenvalue weighted by Crippen LogP contribution is 2.43. The van der Waals surface area contributed by atoms with E-state index in [2.05, 4.69) is 10.3 Å². The Balaban J connectivity index is 2.02. The Morgan fingerprint density at radius 3 is 2.70 bits per heavy atom. The summed E-state index contributed by atoms with van der Waals surface area (Å²) < 4.78 is 0. The minimum absolute atomic E-state index is 0.0144. The van der Waals surface area contributed by atoms with Gasteiger partial charge in [0.1, 0.15) is 11.5 Å². The average Bonchev–Trinajstić information content (AvgIpc) is 2.31. The van der Waals surface area contributed by atoms with E-state index in [9.17, 15) is 14.9 Å². The first-order valence-electron chi connectivity index (χ1n) is 6.50. The van der Waals surface area contributed by atoms with Gasteiger partial charge in [-0.2, -0.15) is 0 Å². The standard InChI is InChI=1S/C13H17N3O4/c1-9-10(16(19)20)3-4-11(15-9)14-8-13(5-2-6-13)7-12(17)18/h3-4H,2,5-8H2,1H3,(H,14,15)(H,17,18). The normalized spacial score (nSPS) is 16.2. The molecule has 0 spiro atoms. The van der Waals surface area contributed by atoms with Crippen LogP contribution in [0.25, 0.3) is 0 Å². The zero-order valence-electron chi connectivity index (χ0n) is 11.3. The Morgan fingerprint density at radius 1 is 1.55 bits per heavy atom. The van der Waals surface area contributed by atoms with Crippen LogP contribution in [-0.2, 0) is 4.79 Å². The predicted octanol–water partition coefficient (Wildman–Crippen LogP) is 2.36. The number of aryl methyl sites for hydroxylation is 1. The quantitative estimate of drug-likeness (QED) is 0.611. The van der Waals surface area contributed by atoms with E-state index in [0.717, 1.165) is 19.3 Å². The molecular weight excluding hydrogens is 262 g/mol. The second-order valence-corrected chi connectivity index (χ2v) is 5.34. The predicted molar refractivity (Wildman–Crippen MR) is 72.7 cm³/mol. The van der Waals surface area contributed by atoms with E-state index in [1.165, 1.54) is 6.07 Å². The molecule has 0 saturated heterocycles. The van der Waals surface area contributed by atoms with E-state index in [-0.39, 0.29) is 17.5 Å². The van der Waals surface area contributed by atoms with Crippen molar-refractivity contribution in [3.8, 4) is 0 Å². The van der Waals surface area contributed by atoms with Gasteiger partial charge in [0.05, 0.1) is 11.3 Å². The van der Waals surface area contributed by atoms with E-state index in [1.54, 1.807) is 13.0 Å². The molecule has 0 radical (unpaired) electrons. The molecule has 1 aliphatic carbocycles. The maximum absolute atomic E-state index is 10.9. The van der Waals surface area contributed by atoms with Gasteiger partial charge in [0.2, 0.25) is 0 Å². The lowest BCUT2D eigenvalue weighted by Gasteiger charge is -2.41. The second-order valence-electron chi connectivity index (χ2n) is 5.34. The molecule has 2 N–H and O–H groups in total. The molecule has 0 bridgehead atoms. The van der Waals surface area contributed by atoms with Gasteiger partial charge in [0, 0.05) is 12.6 Å². The highest BCUT2D eigenvalue weighted by Gasteiger charge is 2.38. The molecule has 0 aliphatic heterocycles. The SMILES string of the molecule is Cc1nc(NCC2(CC(=O)O)CCC2)ccc1[N+](=O)[O-]. The van der Waals surface area contributed by atoms with E-state index < -0.39 is 10.9 Å². The second kappa shape index (κ2) is 5.44. The zero-order valence-corrected chi connectivity index (χ0v) is 11.3. The monoisotopic (exact) mass is 279 g/mol. The number of aliphatic carboxylic acids is 1. The van der Waals surface area contributed by atoms with Crippen molar-refractivity contribution < 1.29 is 14.8 Å². The number of carboxylic acid groups (broad SMARTS) is 1. The summed E-state index contributed by atoms with van der Waals surface area (Å²) in [5.74, 6) is -0.246. The summed E-state index contributed by atoms with van der Waals surface area (Å²) >= 11 is 0. The van der Waals surface area contributed by atoms with Crippen LogP contribution in [0.15, 0.2) is 12.1 Å². The number of pyridine rings is 1. The van der Waals surface area contributed by atoms with Crippen molar-refractivity contribution in [2.24, 2.45) is 5.41 Å². The van der Waals surface area contributed by atoms with Gasteiger partial charge in [-0.1, -0.05) is 6.42 Å². The van der Waals surface area contributed by atoms with Crippen LogP contribution in [0, 0.1) is 22.5 Å². The fourth-order valence-electron chi connectivity index (χ4n) is 2.54. The minimum Gasteiger partial charge on any atom is -0.481 e. The van der Waals surface area contributed by atoms with Crippen molar-refractivity contribution in [1.29, 1.82) is 0 Å². The van der Waals surface area contributed by atoms with E-state index in [1.807, 2.05) is 0 Å². The van der Waals surface area contributed by atoms with Crippen LogP contribution in [-0.4, -0.2) is 27.5 Å². The lowest BCUT2D eigenvalue weighted by molar-refractivity contribution is -0.385. The van der Waals surface area contributed by atoms with Gasteiger partial charge in [-0.3, -0.25) is 14.9 Å². The van der Waals surface area contributed by atoms with Crippen LogP contribution in [0.1, 0.15) is 31.4 Å². The molecule has 0 amide bonds. The Hall–Kier alpha value is -2.18. The molecule has 2 rings (SSSR count). The highest BCUT2D eigenvalue weighted by atomic mass is 16.6. The van der Waals surface area contributed by atoms with Crippen molar-refractivity contribution >= 4 is 17.5 Å². The maximum atomic E-state index is 10.9. The van der Waals surface area contributed by atoms with E-state index in [0.29, 0.717) is 18.1 Å². The number of nitrogens with one attached hydrogen (secondary N) is 1. The van der Waals surface area contributed by atoms with Gasteiger partial charge < -0.3 is 10.4 Å². The Kier molecular flexibility index (Phi) is 3.87. The summed E-state index contributed by atoms with van der Waals surface area (Å²) in [6.07, 6.45) is 2.96. The molecule has 7 nitrogen and oxygen atoms in total. The molecule has 108 valence electrons. The lowest BCUT2D eigenvalue weighted by Crippen LogP contribution is -2.38. The summed E-state index contributed by atoms with van der Waals surface area (Å²) in [5, 5.41) is 22.7. The number of carboxylic acids is 1.